The van der Waals surface area contributed by atoms with Gasteiger partial charge in [0.15, 0.2) is 0 Å². The number of nitrogens with one attached hydrogen (secondary N) is 1. The average Bonchev–Trinajstić information content (AvgIpc) is 3.33. The van der Waals surface area contributed by atoms with Crippen LogP contribution in [0.25, 0.3) is 0 Å². The molecule has 0 bridgehead atoms. The Balaban J connectivity index is 1.67. The molecule has 1 amide bonds. The highest BCUT2D eigenvalue weighted by atomic mass is 35.5. The third kappa shape index (κ3) is 7.33. The highest BCUT2D eigenvalue weighted by Crippen LogP contribution is 2.30. The number of benzene rings is 2. The fourth-order valence-corrected chi connectivity index (χ4v) is 6.27. The van der Waals surface area contributed by atoms with Crippen molar-refractivity contribution in [2.24, 2.45) is 0 Å². The number of aliphatic carboxylic acids is 1. The zero-order valence-corrected chi connectivity index (χ0v) is 22.0. The molecule has 12 heteroatoms. The number of amides is 1. The molecule has 0 unspecified atom stereocenters. The largest absolute Gasteiger partial charge is 0.491 e. The highest BCUT2D eigenvalue weighted by Gasteiger charge is 2.40. The number of halogens is 2. The molecule has 0 saturated carbocycles. The molecule has 2 aromatic rings. The molecule has 1 aliphatic rings. The van der Waals surface area contributed by atoms with Crippen LogP contribution in [0.5, 0.6) is 5.75 Å². The third-order valence-corrected chi connectivity index (χ3v) is 7.95. The van der Waals surface area contributed by atoms with Crippen LogP contribution in [-0.4, -0.2) is 68.2 Å². The Bertz CT molecular complexity index is 1160. The zero-order chi connectivity index (χ0) is 26.3. The molecule has 2 N–H and O–H groups in total. The lowest BCUT2D eigenvalue weighted by Crippen LogP contribution is -2.51. The number of sulfonamides is 1. The van der Waals surface area contributed by atoms with Gasteiger partial charge in [-0.15, -0.1) is 0 Å². The van der Waals surface area contributed by atoms with Crippen molar-refractivity contribution < 1.29 is 32.6 Å². The summed E-state index contributed by atoms with van der Waals surface area (Å²) in [6, 6.07) is 8.50. The molecule has 1 fully saturated rings. The minimum atomic E-state index is -4.08. The van der Waals surface area contributed by atoms with Gasteiger partial charge < -0.3 is 19.9 Å². The van der Waals surface area contributed by atoms with Crippen molar-refractivity contribution in [3.8, 4) is 5.75 Å². The second-order valence-corrected chi connectivity index (χ2v) is 10.9. The molecule has 0 aromatic heterocycles. The third-order valence-electron chi connectivity index (χ3n) is 5.63. The summed E-state index contributed by atoms with van der Waals surface area (Å²) >= 11 is 11.9. The zero-order valence-electron chi connectivity index (χ0n) is 19.7. The van der Waals surface area contributed by atoms with Gasteiger partial charge in [-0.2, -0.15) is 4.31 Å². The number of carbonyl (C=O) groups excluding carboxylic acids is 1. The van der Waals surface area contributed by atoms with Gasteiger partial charge in [0, 0.05) is 29.6 Å². The Morgan fingerprint density at radius 2 is 1.81 bits per heavy atom. The summed E-state index contributed by atoms with van der Waals surface area (Å²) in [6.07, 6.45) is 0.733. The van der Waals surface area contributed by atoms with Crippen LogP contribution in [-0.2, 0) is 30.8 Å². The van der Waals surface area contributed by atoms with Crippen LogP contribution in [0.1, 0.15) is 25.3 Å². The summed E-state index contributed by atoms with van der Waals surface area (Å²) in [4.78, 5) is 24.8. The first kappa shape index (κ1) is 28.2. The van der Waals surface area contributed by atoms with E-state index in [1.54, 1.807) is 24.3 Å². The Morgan fingerprint density at radius 3 is 2.42 bits per heavy atom. The molecule has 1 aliphatic heterocycles. The predicted octanol–water partition coefficient (Wildman–Crippen LogP) is 3.37. The van der Waals surface area contributed by atoms with Crippen molar-refractivity contribution in [1.82, 2.24) is 9.62 Å². The molecule has 3 rings (SSSR count). The standard InChI is InChI=1S/C24H28Cl2N2O7S/c1-2-34-10-11-35-19-7-5-16(6-8-19)12-21(24(30)31)27-23(29)22-4-3-9-28(22)36(32,33)20-14-17(25)13-18(26)15-20/h5-8,13-15,21-22H,2-4,9-12H2,1H3,(H,27,29)(H,30,31)/t21-,22-/m0/s1. The average molecular weight is 559 g/mol. The quantitative estimate of drug-likeness (QED) is 0.383. The first-order chi connectivity index (χ1) is 17.1. The minimum absolute atomic E-state index is 0.0175. The molecule has 0 radical (unpaired) electrons. The first-order valence-electron chi connectivity index (χ1n) is 11.4. The predicted molar refractivity (Wildman–Crippen MR) is 135 cm³/mol. The van der Waals surface area contributed by atoms with E-state index in [-0.39, 0.29) is 34.3 Å². The number of carboxylic acids is 1. The summed E-state index contributed by atoms with van der Waals surface area (Å²) in [7, 11) is -4.08. The van der Waals surface area contributed by atoms with Crippen LogP contribution in [0.15, 0.2) is 47.4 Å². The smallest absolute Gasteiger partial charge is 0.326 e. The molecule has 0 spiro atoms. The van der Waals surface area contributed by atoms with E-state index in [2.05, 4.69) is 5.32 Å². The van der Waals surface area contributed by atoms with Crippen LogP contribution in [0.2, 0.25) is 10.0 Å². The summed E-state index contributed by atoms with van der Waals surface area (Å²) in [6.45, 7) is 3.47. The van der Waals surface area contributed by atoms with E-state index in [0.29, 0.717) is 37.6 Å². The van der Waals surface area contributed by atoms with Crippen LogP contribution in [0.4, 0.5) is 0 Å². The maximum absolute atomic E-state index is 13.2. The van der Waals surface area contributed by atoms with Crippen LogP contribution >= 0.6 is 23.2 Å². The van der Waals surface area contributed by atoms with Crippen molar-refractivity contribution >= 4 is 45.1 Å². The molecule has 196 valence electrons. The van der Waals surface area contributed by atoms with Crippen molar-refractivity contribution in [3.63, 3.8) is 0 Å². The summed E-state index contributed by atoms with van der Waals surface area (Å²) < 4.78 is 38.2. The van der Waals surface area contributed by atoms with E-state index in [0.717, 1.165) is 4.31 Å². The number of carboxylic acid groups (broad SMARTS) is 1. The SMILES string of the molecule is CCOCCOc1ccc(C[C@H](NC(=O)[C@@H]2CCCN2S(=O)(=O)c2cc(Cl)cc(Cl)c2)C(=O)O)cc1. The fraction of sp³-hybridized carbons (Fsp3) is 0.417. The molecule has 36 heavy (non-hydrogen) atoms. The van der Waals surface area contributed by atoms with Crippen molar-refractivity contribution in [1.29, 1.82) is 0 Å². The maximum atomic E-state index is 13.2. The van der Waals surface area contributed by atoms with Gasteiger partial charge >= 0.3 is 5.97 Å². The van der Waals surface area contributed by atoms with E-state index < -0.39 is 34.0 Å². The monoisotopic (exact) mass is 558 g/mol. The number of rotatable bonds is 12. The van der Waals surface area contributed by atoms with E-state index in [9.17, 15) is 23.1 Å². The Morgan fingerprint density at radius 1 is 1.14 bits per heavy atom. The molecular weight excluding hydrogens is 531 g/mol. The fourth-order valence-electron chi connectivity index (χ4n) is 3.89. The lowest BCUT2D eigenvalue weighted by atomic mass is 10.1. The molecular formula is C24H28Cl2N2O7S. The number of nitrogens with zero attached hydrogens (tertiary/aromatic N) is 1. The van der Waals surface area contributed by atoms with Gasteiger partial charge in [-0.05, 0) is 55.7 Å². The molecule has 1 saturated heterocycles. The van der Waals surface area contributed by atoms with Crippen molar-refractivity contribution in [3.05, 3.63) is 58.1 Å². The van der Waals surface area contributed by atoms with Gasteiger partial charge in [0.2, 0.25) is 15.9 Å². The minimum Gasteiger partial charge on any atom is -0.491 e. The summed E-state index contributed by atoms with van der Waals surface area (Å²) in [5.41, 5.74) is 0.671. The first-order valence-corrected chi connectivity index (χ1v) is 13.6. The molecule has 0 aliphatic carbocycles. The van der Waals surface area contributed by atoms with Gasteiger partial charge in [0.25, 0.3) is 0 Å². The Labute approximate surface area is 220 Å². The topological polar surface area (TPSA) is 122 Å². The van der Waals surface area contributed by atoms with E-state index in [4.69, 9.17) is 32.7 Å². The molecule has 2 aromatic carbocycles. The van der Waals surface area contributed by atoms with Gasteiger partial charge in [-0.25, -0.2) is 13.2 Å². The van der Waals surface area contributed by atoms with Gasteiger partial charge in [-0.1, -0.05) is 35.3 Å². The number of ether oxygens (including phenoxy) is 2. The number of carbonyl (C=O) groups is 2. The van der Waals surface area contributed by atoms with Crippen molar-refractivity contribution in [2.45, 2.75) is 43.2 Å². The van der Waals surface area contributed by atoms with E-state index >= 15 is 0 Å². The second-order valence-electron chi connectivity index (χ2n) is 8.17. The number of hydrogen-bond acceptors (Lipinski definition) is 6. The molecule has 2 atom stereocenters. The molecule has 9 nitrogen and oxygen atoms in total. The van der Waals surface area contributed by atoms with Crippen LogP contribution in [0.3, 0.4) is 0 Å². The second kappa shape index (κ2) is 12.7. The van der Waals surface area contributed by atoms with Crippen LogP contribution in [0, 0.1) is 0 Å². The lowest BCUT2D eigenvalue weighted by Gasteiger charge is -2.25. The Kier molecular flexibility index (Phi) is 9.98. The summed E-state index contributed by atoms with van der Waals surface area (Å²) in [5.74, 6) is -1.29. The lowest BCUT2D eigenvalue weighted by molar-refractivity contribution is -0.142. The number of hydrogen-bond donors (Lipinski definition) is 2. The van der Waals surface area contributed by atoms with Gasteiger partial charge in [0.1, 0.15) is 24.4 Å². The summed E-state index contributed by atoms with van der Waals surface area (Å²) in [5, 5.41) is 12.5. The van der Waals surface area contributed by atoms with E-state index in [1.165, 1.54) is 18.2 Å². The van der Waals surface area contributed by atoms with Gasteiger partial charge in [0.05, 0.1) is 11.5 Å². The van der Waals surface area contributed by atoms with Crippen molar-refractivity contribution in [2.75, 3.05) is 26.4 Å². The van der Waals surface area contributed by atoms with Crippen LogP contribution < -0.4 is 10.1 Å². The molecule has 1 heterocycles. The van der Waals surface area contributed by atoms with Gasteiger partial charge in [-0.3, -0.25) is 4.79 Å². The maximum Gasteiger partial charge on any atom is 0.326 e. The normalized spacial score (nSPS) is 17.0. The Hall–Kier alpha value is -2.37. The van der Waals surface area contributed by atoms with E-state index in [1.807, 2.05) is 6.92 Å². The highest BCUT2D eigenvalue weighted by molar-refractivity contribution is 7.89.